The van der Waals surface area contributed by atoms with Crippen molar-refractivity contribution in [3.05, 3.63) is 52.8 Å². The second-order valence-electron chi connectivity index (χ2n) is 5.69. The SMILES string of the molecule is CCCCc1n[nH]c2c1/C(=N/O)C[C@H](c1ccccc1)C2. The van der Waals surface area contributed by atoms with Crippen molar-refractivity contribution in [2.24, 2.45) is 5.16 Å². The zero-order valence-corrected chi connectivity index (χ0v) is 12.3. The third-order valence-corrected chi connectivity index (χ3v) is 4.25. The normalized spacial score (nSPS) is 19.7. The van der Waals surface area contributed by atoms with Gasteiger partial charge in [-0.15, -0.1) is 0 Å². The molecule has 1 atom stereocenters. The quantitative estimate of drug-likeness (QED) is 0.664. The van der Waals surface area contributed by atoms with E-state index < -0.39 is 0 Å². The first-order valence-corrected chi connectivity index (χ1v) is 7.65. The number of benzene rings is 1. The molecule has 2 aromatic rings. The van der Waals surface area contributed by atoms with Gasteiger partial charge in [0.2, 0.25) is 0 Å². The summed E-state index contributed by atoms with van der Waals surface area (Å²) in [6.45, 7) is 2.17. The number of unbranched alkanes of at least 4 members (excludes halogenated alkanes) is 1. The van der Waals surface area contributed by atoms with E-state index in [0.29, 0.717) is 5.92 Å². The van der Waals surface area contributed by atoms with Crippen LogP contribution < -0.4 is 0 Å². The number of fused-ring (bicyclic) bond motifs is 1. The monoisotopic (exact) mass is 283 g/mol. The van der Waals surface area contributed by atoms with Gasteiger partial charge >= 0.3 is 0 Å². The van der Waals surface area contributed by atoms with Crippen molar-refractivity contribution in [2.75, 3.05) is 0 Å². The number of aromatic amines is 1. The molecule has 0 radical (unpaired) electrons. The van der Waals surface area contributed by atoms with Crippen LogP contribution in [0.1, 0.15) is 54.6 Å². The minimum Gasteiger partial charge on any atom is -0.411 e. The fourth-order valence-electron chi connectivity index (χ4n) is 3.14. The van der Waals surface area contributed by atoms with Gasteiger partial charge in [0.25, 0.3) is 0 Å². The molecule has 0 saturated heterocycles. The van der Waals surface area contributed by atoms with Crippen LogP contribution in [0.3, 0.4) is 0 Å². The highest BCUT2D eigenvalue weighted by molar-refractivity contribution is 6.03. The van der Waals surface area contributed by atoms with E-state index >= 15 is 0 Å². The molecule has 0 bridgehead atoms. The number of nitrogens with one attached hydrogen (secondary N) is 1. The summed E-state index contributed by atoms with van der Waals surface area (Å²) < 4.78 is 0. The molecule has 4 nitrogen and oxygen atoms in total. The molecule has 110 valence electrons. The molecule has 0 fully saturated rings. The second-order valence-corrected chi connectivity index (χ2v) is 5.69. The number of aryl methyl sites for hydroxylation is 1. The van der Waals surface area contributed by atoms with E-state index in [1.807, 2.05) is 6.07 Å². The van der Waals surface area contributed by atoms with Crippen molar-refractivity contribution < 1.29 is 5.21 Å². The molecule has 21 heavy (non-hydrogen) atoms. The van der Waals surface area contributed by atoms with E-state index in [2.05, 4.69) is 46.5 Å². The molecule has 1 aliphatic carbocycles. The summed E-state index contributed by atoms with van der Waals surface area (Å²) in [5.74, 6) is 0.351. The molecular weight excluding hydrogens is 262 g/mol. The molecule has 2 N–H and O–H groups in total. The molecule has 0 amide bonds. The molecule has 1 aromatic carbocycles. The minimum absolute atomic E-state index is 0.351. The Labute approximate surface area is 124 Å². The van der Waals surface area contributed by atoms with Crippen molar-refractivity contribution in [3.8, 4) is 0 Å². The molecule has 1 aliphatic rings. The van der Waals surface area contributed by atoms with Gasteiger partial charge in [-0.3, -0.25) is 5.10 Å². The summed E-state index contributed by atoms with van der Waals surface area (Å²) in [6, 6.07) is 10.4. The lowest BCUT2D eigenvalue weighted by molar-refractivity contribution is 0.317. The maximum atomic E-state index is 9.42. The lowest BCUT2D eigenvalue weighted by Gasteiger charge is -2.23. The van der Waals surface area contributed by atoms with Gasteiger partial charge in [0.1, 0.15) is 0 Å². The number of hydrogen-bond acceptors (Lipinski definition) is 3. The summed E-state index contributed by atoms with van der Waals surface area (Å²) in [5, 5.41) is 20.6. The van der Waals surface area contributed by atoms with Crippen LogP contribution >= 0.6 is 0 Å². The van der Waals surface area contributed by atoms with E-state index in [9.17, 15) is 5.21 Å². The topological polar surface area (TPSA) is 61.3 Å². The van der Waals surface area contributed by atoms with Gasteiger partial charge < -0.3 is 5.21 Å². The first kappa shape index (κ1) is 13.9. The Morgan fingerprint density at radius 2 is 2.10 bits per heavy atom. The van der Waals surface area contributed by atoms with Crippen molar-refractivity contribution >= 4 is 5.71 Å². The Hall–Kier alpha value is -2.10. The van der Waals surface area contributed by atoms with E-state index in [4.69, 9.17) is 0 Å². The average Bonchev–Trinajstić information content (AvgIpc) is 2.96. The van der Waals surface area contributed by atoms with Crippen LogP contribution in [-0.2, 0) is 12.8 Å². The van der Waals surface area contributed by atoms with Crippen molar-refractivity contribution in [2.45, 2.75) is 44.9 Å². The smallest absolute Gasteiger partial charge is 0.0911 e. The molecular formula is C17H21N3O. The largest absolute Gasteiger partial charge is 0.411 e. The van der Waals surface area contributed by atoms with Crippen LogP contribution in [0.5, 0.6) is 0 Å². The van der Waals surface area contributed by atoms with Crippen LogP contribution in [0.4, 0.5) is 0 Å². The number of aromatic nitrogens is 2. The van der Waals surface area contributed by atoms with E-state index in [1.54, 1.807) is 0 Å². The number of oxime groups is 1. The molecule has 4 heteroatoms. The molecule has 0 saturated carbocycles. The fourth-order valence-corrected chi connectivity index (χ4v) is 3.14. The summed E-state index contributed by atoms with van der Waals surface area (Å²) in [6.07, 6.45) is 4.89. The molecule has 0 unspecified atom stereocenters. The number of nitrogens with zero attached hydrogens (tertiary/aromatic N) is 2. The summed E-state index contributed by atoms with van der Waals surface area (Å²) in [5.41, 5.74) is 5.26. The fraction of sp³-hybridized carbons (Fsp3) is 0.412. The Kier molecular flexibility index (Phi) is 4.04. The standard InChI is InChI=1S/C17H21N3O/c1-2-3-9-14-17-15(19-18-14)10-13(11-16(17)20-21)12-7-5-4-6-8-12/h4-8,13,21H,2-3,9-11H2,1H3,(H,18,19)/b20-16+/t13-/m1/s1. The van der Waals surface area contributed by atoms with E-state index in [-0.39, 0.29) is 0 Å². The first-order valence-electron chi connectivity index (χ1n) is 7.65. The first-order chi connectivity index (χ1) is 10.3. The third-order valence-electron chi connectivity index (χ3n) is 4.25. The predicted molar refractivity (Wildman–Crippen MR) is 83.0 cm³/mol. The lowest BCUT2D eigenvalue weighted by atomic mass is 9.81. The predicted octanol–water partition coefficient (Wildman–Crippen LogP) is 3.66. The van der Waals surface area contributed by atoms with Crippen LogP contribution in [0.25, 0.3) is 0 Å². The van der Waals surface area contributed by atoms with Crippen LogP contribution in [-0.4, -0.2) is 21.1 Å². The minimum atomic E-state index is 0.351. The maximum Gasteiger partial charge on any atom is 0.0911 e. The number of rotatable bonds is 4. The van der Waals surface area contributed by atoms with Crippen LogP contribution in [0, 0.1) is 0 Å². The van der Waals surface area contributed by atoms with Gasteiger partial charge in [0.05, 0.1) is 11.4 Å². The zero-order valence-electron chi connectivity index (χ0n) is 12.3. The molecule has 0 spiro atoms. The number of hydrogen-bond donors (Lipinski definition) is 2. The highest BCUT2D eigenvalue weighted by Crippen LogP contribution is 2.33. The van der Waals surface area contributed by atoms with Gasteiger partial charge in [-0.25, -0.2) is 0 Å². The molecule has 1 heterocycles. The Morgan fingerprint density at radius 1 is 1.29 bits per heavy atom. The van der Waals surface area contributed by atoms with Gasteiger partial charge in [-0.2, -0.15) is 5.10 Å². The average molecular weight is 283 g/mol. The Balaban J connectivity index is 1.91. The van der Waals surface area contributed by atoms with Gasteiger partial charge in [-0.05, 0) is 30.7 Å². The van der Waals surface area contributed by atoms with Crippen LogP contribution in [0.15, 0.2) is 35.5 Å². The Bertz CT molecular complexity index is 631. The van der Waals surface area contributed by atoms with Crippen molar-refractivity contribution in [1.82, 2.24) is 10.2 Å². The lowest BCUT2D eigenvalue weighted by Crippen LogP contribution is -2.20. The van der Waals surface area contributed by atoms with E-state index in [1.165, 1.54) is 5.56 Å². The summed E-state index contributed by atoms with van der Waals surface area (Å²) in [4.78, 5) is 0. The molecule has 1 aromatic heterocycles. The van der Waals surface area contributed by atoms with Crippen molar-refractivity contribution in [3.63, 3.8) is 0 Å². The second kappa shape index (κ2) is 6.12. The van der Waals surface area contributed by atoms with Gasteiger partial charge in [-0.1, -0.05) is 48.8 Å². The highest BCUT2D eigenvalue weighted by Gasteiger charge is 2.29. The third kappa shape index (κ3) is 2.71. The Morgan fingerprint density at radius 3 is 2.81 bits per heavy atom. The molecule has 0 aliphatic heterocycles. The maximum absolute atomic E-state index is 9.42. The molecule has 3 rings (SSSR count). The summed E-state index contributed by atoms with van der Waals surface area (Å²) >= 11 is 0. The van der Waals surface area contributed by atoms with Crippen molar-refractivity contribution in [1.29, 1.82) is 0 Å². The van der Waals surface area contributed by atoms with Crippen LogP contribution in [0.2, 0.25) is 0 Å². The van der Waals surface area contributed by atoms with Gasteiger partial charge in [0, 0.05) is 17.7 Å². The van der Waals surface area contributed by atoms with Gasteiger partial charge in [0.15, 0.2) is 0 Å². The zero-order chi connectivity index (χ0) is 14.7. The summed E-state index contributed by atoms with van der Waals surface area (Å²) in [7, 11) is 0. The number of H-pyrrole nitrogens is 1. The highest BCUT2D eigenvalue weighted by atomic mass is 16.4. The van der Waals surface area contributed by atoms with E-state index in [0.717, 1.165) is 54.8 Å².